The van der Waals surface area contributed by atoms with E-state index in [9.17, 15) is 4.79 Å². The van der Waals surface area contributed by atoms with Gasteiger partial charge in [0.1, 0.15) is 11.0 Å². The molecule has 0 bridgehead atoms. The molecule has 1 aromatic heterocycles. The smallest absolute Gasteiger partial charge is 0.228 e. The number of carbonyl (C=O) groups excluding carboxylic acids is 1. The number of anilines is 1. The Morgan fingerprint density at radius 1 is 0.967 bits per heavy atom. The van der Waals surface area contributed by atoms with E-state index in [1.165, 1.54) is 18.4 Å². The normalized spacial score (nSPS) is 11.0. The first-order valence-corrected chi connectivity index (χ1v) is 10.5. The molecule has 152 valence electrons. The maximum Gasteiger partial charge on any atom is 0.228 e. The number of unbranched alkanes of at least 4 members (excludes halogenated alkanes) is 1. The number of rotatable bonds is 7. The molecule has 0 saturated carbocycles. The van der Waals surface area contributed by atoms with Gasteiger partial charge in [-0.2, -0.15) is 4.80 Å². The summed E-state index contributed by atoms with van der Waals surface area (Å²) < 4.78 is 0. The molecule has 5 nitrogen and oxygen atoms in total. The van der Waals surface area contributed by atoms with E-state index in [2.05, 4.69) is 34.6 Å². The monoisotopic (exact) mass is 418 g/mol. The average molecular weight is 419 g/mol. The summed E-state index contributed by atoms with van der Waals surface area (Å²) in [6.45, 7) is 2.19. The van der Waals surface area contributed by atoms with Gasteiger partial charge in [-0.05, 0) is 48.2 Å². The van der Waals surface area contributed by atoms with Crippen molar-refractivity contribution < 1.29 is 4.79 Å². The average Bonchev–Trinajstić information content (AvgIpc) is 3.16. The van der Waals surface area contributed by atoms with Gasteiger partial charge in [0.2, 0.25) is 5.91 Å². The van der Waals surface area contributed by atoms with Crippen LogP contribution < -0.4 is 5.32 Å². The topological polar surface area (TPSA) is 59.8 Å². The lowest BCUT2D eigenvalue weighted by atomic mass is 10.1. The van der Waals surface area contributed by atoms with Crippen LogP contribution in [0.1, 0.15) is 30.9 Å². The molecule has 0 atom stereocenters. The minimum atomic E-state index is -0.127. The molecule has 0 aliphatic heterocycles. The zero-order valence-corrected chi connectivity index (χ0v) is 17.6. The van der Waals surface area contributed by atoms with Gasteiger partial charge < -0.3 is 5.32 Å². The molecule has 0 aliphatic carbocycles. The van der Waals surface area contributed by atoms with Crippen LogP contribution in [-0.2, 0) is 17.6 Å². The Morgan fingerprint density at radius 2 is 1.67 bits per heavy atom. The molecule has 0 aliphatic rings. The third-order valence-electron chi connectivity index (χ3n) is 4.94. The molecule has 1 heterocycles. The molecule has 4 rings (SSSR count). The highest BCUT2D eigenvalue weighted by atomic mass is 35.5. The fraction of sp³-hybridized carbons (Fsp3) is 0.208. The molecule has 0 radical (unpaired) electrons. The highest BCUT2D eigenvalue weighted by Gasteiger charge is 2.12. The van der Waals surface area contributed by atoms with E-state index in [0.717, 1.165) is 17.7 Å². The van der Waals surface area contributed by atoms with E-state index in [1.807, 2.05) is 42.5 Å². The molecule has 1 amide bonds. The lowest BCUT2D eigenvalue weighted by Gasteiger charge is -2.07. The van der Waals surface area contributed by atoms with Crippen molar-refractivity contribution in [1.29, 1.82) is 0 Å². The van der Waals surface area contributed by atoms with Crippen molar-refractivity contribution >= 4 is 34.2 Å². The van der Waals surface area contributed by atoms with Crippen molar-refractivity contribution in [3.8, 4) is 5.69 Å². The Bertz CT molecular complexity index is 1150. The van der Waals surface area contributed by atoms with E-state index in [4.69, 9.17) is 11.6 Å². The van der Waals surface area contributed by atoms with E-state index in [-0.39, 0.29) is 12.3 Å². The van der Waals surface area contributed by atoms with Crippen LogP contribution in [0.4, 0.5) is 5.69 Å². The molecule has 0 spiro atoms. The van der Waals surface area contributed by atoms with Gasteiger partial charge in [0.25, 0.3) is 0 Å². The summed E-state index contributed by atoms with van der Waals surface area (Å²) in [5.74, 6) is -0.127. The van der Waals surface area contributed by atoms with Gasteiger partial charge in [-0.3, -0.25) is 4.79 Å². The number of benzene rings is 3. The second-order valence-electron chi connectivity index (χ2n) is 7.29. The quantitative estimate of drug-likeness (QED) is 0.425. The zero-order chi connectivity index (χ0) is 20.9. The minimum Gasteiger partial charge on any atom is -0.324 e. The number of nitrogens with one attached hydrogen (secondary N) is 1. The summed E-state index contributed by atoms with van der Waals surface area (Å²) in [6, 6.07) is 21.4. The second-order valence-corrected chi connectivity index (χ2v) is 7.70. The molecule has 0 fully saturated rings. The maximum absolute atomic E-state index is 12.4. The van der Waals surface area contributed by atoms with Crippen LogP contribution >= 0.6 is 11.6 Å². The molecule has 1 N–H and O–H groups in total. The first-order chi connectivity index (χ1) is 14.6. The number of hydrogen-bond acceptors (Lipinski definition) is 3. The first-order valence-electron chi connectivity index (χ1n) is 10.1. The summed E-state index contributed by atoms with van der Waals surface area (Å²) in [7, 11) is 0. The standard InChI is InChI=1S/C24H23ClN4O/c1-2-3-7-17-10-12-19(13-11-17)29-27-22-15-20(25)21(16-23(22)28-29)26-24(30)14-18-8-5-4-6-9-18/h4-6,8-13,15-16H,2-3,7,14H2,1H3,(H,26,30). The minimum absolute atomic E-state index is 0.127. The SMILES string of the molecule is CCCCc1ccc(-n2nc3cc(Cl)c(NC(=O)Cc4ccccc4)cc3n2)cc1. The third-order valence-corrected chi connectivity index (χ3v) is 5.25. The van der Waals surface area contributed by atoms with E-state index < -0.39 is 0 Å². The number of nitrogens with zero attached hydrogens (tertiary/aromatic N) is 3. The van der Waals surface area contributed by atoms with Crippen LogP contribution in [0.2, 0.25) is 5.02 Å². The van der Waals surface area contributed by atoms with Crippen LogP contribution in [-0.4, -0.2) is 20.9 Å². The maximum atomic E-state index is 12.4. The summed E-state index contributed by atoms with van der Waals surface area (Å²) >= 11 is 6.38. The third kappa shape index (κ3) is 4.69. The van der Waals surface area contributed by atoms with Gasteiger partial charge >= 0.3 is 0 Å². The van der Waals surface area contributed by atoms with Gasteiger partial charge in [0.15, 0.2) is 0 Å². The summed E-state index contributed by atoms with van der Waals surface area (Å²) in [5, 5.41) is 12.4. The highest BCUT2D eigenvalue weighted by Crippen LogP contribution is 2.27. The van der Waals surface area contributed by atoms with Gasteiger partial charge in [0.05, 0.1) is 22.8 Å². The van der Waals surface area contributed by atoms with Crippen LogP contribution in [0, 0.1) is 0 Å². The predicted molar refractivity (Wildman–Crippen MR) is 121 cm³/mol. The molecule has 4 aromatic rings. The molecule has 0 saturated heterocycles. The Balaban J connectivity index is 1.53. The predicted octanol–water partition coefficient (Wildman–Crippen LogP) is 5.60. The first kappa shape index (κ1) is 20.1. The molecule has 0 unspecified atom stereocenters. The number of aromatic nitrogens is 3. The van der Waals surface area contributed by atoms with Crippen molar-refractivity contribution in [2.45, 2.75) is 32.6 Å². The van der Waals surface area contributed by atoms with Crippen LogP contribution in [0.5, 0.6) is 0 Å². The second kappa shape index (κ2) is 9.09. The van der Waals surface area contributed by atoms with Gasteiger partial charge in [-0.1, -0.05) is 67.4 Å². The van der Waals surface area contributed by atoms with Crippen molar-refractivity contribution in [3.63, 3.8) is 0 Å². The van der Waals surface area contributed by atoms with Crippen LogP contribution in [0.25, 0.3) is 16.7 Å². The summed E-state index contributed by atoms with van der Waals surface area (Å²) in [4.78, 5) is 14.0. The Kier molecular flexibility index (Phi) is 6.10. The molecule has 3 aromatic carbocycles. The largest absolute Gasteiger partial charge is 0.324 e. The van der Waals surface area contributed by atoms with E-state index >= 15 is 0 Å². The fourth-order valence-electron chi connectivity index (χ4n) is 3.30. The van der Waals surface area contributed by atoms with Crippen molar-refractivity contribution in [2.75, 3.05) is 5.32 Å². The molecule has 30 heavy (non-hydrogen) atoms. The number of fused-ring (bicyclic) bond motifs is 1. The zero-order valence-electron chi connectivity index (χ0n) is 16.8. The number of hydrogen-bond donors (Lipinski definition) is 1. The molecular weight excluding hydrogens is 396 g/mol. The Labute approximate surface area is 180 Å². The Morgan fingerprint density at radius 3 is 2.37 bits per heavy atom. The van der Waals surface area contributed by atoms with Gasteiger partial charge in [-0.25, -0.2) is 0 Å². The number of halogens is 1. The van der Waals surface area contributed by atoms with Crippen molar-refractivity contribution in [2.24, 2.45) is 0 Å². The highest BCUT2D eigenvalue weighted by molar-refractivity contribution is 6.34. The van der Waals surface area contributed by atoms with Crippen molar-refractivity contribution in [1.82, 2.24) is 15.0 Å². The van der Waals surface area contributed by atoms with Crippen LogP contribution in [0.3, 0.4) is 0 Å². The summed E-state index contributed by atoms with van der Waals surface area (Å²) in [5.41, 5.74) is 5.02. The lowest BCUT2D eigenvalue weighted by molar-refractivity contribution is -0.115. The van der Waals surface area contributed by atoms with Crippen molar-refractivity contribution in [3.05, 3.63) is 82.9 Å². The lowest BCUT2D eigenvalue weighted by Crippen LogP contribution is -2.14. The fourth-order valence-corrected chi connectivity index (χ4v) is 3.51. The van der Waals surface area contributed by atoms with Gasteiger partial charge in [-0.15, -0.1) is 10.2 Å². The van der Waals surface area contributed by atoms with E-state index in [0.29, 0.717) is 21.7 Å². The summed E-state index contributed by atoms with van der Waals surface area (Å²) in [6.07, 6.45) is 3.72. The number of carbonyl (C=O) groups is 1. The molecular formula is C24H23ClN4O. The number of amides is 1. The van der Waals surface area contributed by atoms with Gasteiger partial charge in [0, 0.05) is 0 Å². The Hall–Kier alpha value is -3.18. The van der Waals surface area contributed by atoms with E-state index in [1.54, 1.807) is 16.9 Å². The molecule has 6 heteroatoms. The number of aryl methyl sites for hydroxylation is 1. The van der Waals surface area contributed by atoms with Crippen LogP contribution in [0.15, 0.2) is 66.7 Å².